The number of phosphoric acid groups is 1. The molecule has 292 valence electrons. The van der Waals surface area contributed by atoms with Crippen molar-refractivity contribution in [1.29, 1.82) is 0 Å². The van der Waals surface area contributed by atoms with Crippen molar-refractivity contribution in [3.63, 3.8) is 0 Å². The third-order valence-corrected chi connectivity index (χ3v) is 9.46. The van der Waals surface area contributed by atoms with Crippen LogP contribution in [0.2, 0.25) is 0 Å². The molecule has 0 saturated carbocycles. The lowest BCUT2D eigenvalue weighted by Gasteiger charge is -2.29. The summed E-state index contributed by atoms with van der Waals surface area (Å²) in [4.78, 5) is 25.2. The van der Waals surface area contributed by atoms with Crippen LogP contribution in [0.1, 0.15) is 155 Å². The molecule has 0 aromatic heterocycles. The van der Waals surface area contributed by atoms with Gasteiger partial charge in [-0.3, -0.25) is 9.36 Å². The van der Waals surface area contributed by atoms with Crippen molar-refractivity contribution >= 4 is 13.7 Å². The Morgan fingerprint density at radius 1 is 0.700 bits per heavy atom. The van der Waals surface area contributed by atoms with Gasteiger partial charge >= 0.3 is 0 Å². The molecule has 2 N–H and O–H groups in total. The smallest absolute Gasteiger partial charge is 0.268 e. The number of amides is 1. The number of rotatable bonds is 35. The van der Waals surface area contributed by atoms with Gasteiger partial charge in [0.05, 0.1) is 39.9 Å². The summed E-state index contributed by atoms with van der Waals surface area (Å²) in [5.74, 6) is -0.221. The van der Waals surface area contributed by atoms with Crippen LogP contribution in [0.4, 0.5) is 0 Å². The van der Waals surface area contributed by atoms with Crippen molar-refractivity contribution in [2.45, 2.75) is 167 Å². The number of nitrogens with one attached hydrogen (secondary N) is 1. The van der Waals surface area contributed by atoms with Crippen LogP contribution < -0.4 is 10.2 Å². The van der Waals surface area contributed by atoms with Gasteiger partial charge < -0.3 is 28.8 Å². The molecule has 0 radical (unpaired) electrons. The van der Waals surface area contributed by atoms with Gasteiger partial charge in [-0.2, -0.15) is 0 Å². The van der Waals surface area contributed by atoms with E-state index in [-0.39, 0.29) is 12.5 Å². The van der Waals surface area contributed by atoms with Crippen LogP contribution in [0.25, 0.3) is 0 Å². The van der Waals surface area contributed by atoms with Crippen molar-refractivity contribution < 1.29 is 32.9 Å². The normalized spacial score (nSPS) is 15.1. The highest BCUT2D eigenvalue weighted by Gasteiger charge is 2.23. The Kier molecular flexibility index (Phi) is 32.3. The first-order valence-corrected chi connectivity index (χ1v) is 21.5. The van der Waals surface area contributed by atoms with Crippen LogP contribution in [0.15, 0.2) is 48.6 Å². The molecule has 0 fully saturated rings. The second kappa shape index (κ2) is 33.3. The summed E-state index contributed by atoms with van der Waals surface area (Å²) in [6.45, 7) is 4.46. The van der Waals surface area contributed by atoms with Gasteiger partial charge in [0.2, 0.25) is 5.91 Å². The summed E-state index contributed by atoms with van der Waals surface area (Å²) >= 11 is 0. The number of nitrogens with zero attached hydrogens (tertiary/aromatic N) is 1. The lowest BCUT2D eigenvalue weighted by Crippen LogP contribution is -2.45. The van der Waals surface area contributed by atoms with E-state index in [1.54, 1.807) is 6.08 Å². The van der Waals surface area contributed by atoms with Crippen molar-refractivity contribution in [3.8, 4) is 0 Å². The van der Waals surface area contributed by atoms with E-state index in [4.69, 9.17) is 9.05 Å². The first kappa shape index (κ1) is 48.5. The van der Waals surface area contributed by atoms with Gasteiger partial charge in [-0.1, -0.05) is 133 Å². The Bertz CT molecular complexity index is 959. The minimum atomic E-state index is -4.59. The molecule has 3 unspecified atom stereocenters. The first-order chi connectivity index (χ1) is 24.0. The molecule has 0 spiro atoms. The molecule has 0 aromatic carbocycles. The fourth-order valence-electron chi connectivity index (χ4n) is 5.30. The summed E-state index contributed by atoms with van der Waals surface area (Å²) in [5.41, 5.74) is 0. The quantitative estimate of drug-likeness (QED) is 0.0292. The van der Waals surface area contributed by atoms with Gasteiger partial charge in [0.25, 0.3) is 7.82 Å². The standard InChI is InChI=1S/C41H77N2O6P/c1-6-8-10-12-14-16-18-19-20-21-22-23-24-25-27-29-31-33-35-41(45)42-39(38-49-50(46,47)48-37-36-43(3,4)5)40(44)34-32-30-28-26-17-15-13-11-9-7-2/h9,11,17,20-21,26,32,34,39-40,44H,6-8,10,12-16,18-19,22-25,27-31,33,35-38H2,1-5H3,(H-,42,45,46,47)/b11-9+,21-20-,26-17+,34-32+. The molecular formula is C41H77N2O6P. The van der Waals surface area contributed by atoms with Crippen LogP contribution in [-0.2, 0) is 18.4 Å². The highest BCUT2D eigenvalue weighted by atomic mass is 31.2. The van der Waals surface area contributed by atoms with E-state index in [2.05, 4.69) is 55.6 Å². The van der Waals surface area contributed by atoms with Crippen molar-refractivity contribution in [3.05, 3.63) is 48.6 Å². The molecule has 9 heteroatoms. The van der Waals surface area contributed by atoms with Gasteiger partial charge in [0, 0.05) is 6.42 Å². The van der Waals surface area contributed by atoms with Gasteiger partial charge in [-0.05, 0) is 64.2 Å². The lowest BCUT2D eigenvalue weighted by atomic mass is 10.1. The number of carbonyl (C=O) groups is 1. The summed E-state index contributed by atoms with van der Waals surface area (Å²) in [6, 6.07) is -0.909. The summed E-state index contributed by atoms with van der Waals surface area (Å²) < 4.78 is 23.0. The van der Waals surface area contributed by atoms with Crippen molar-refractivity contribution in [2.75, 3.05) is 40.9 Å². The minimum Gasteiger partial charge on any atom is -0.756 e. The third kappa shape index (κ3) is 34.9. The second-order valence-corrected chi connectivity index (χ2v) is 16.0. The number of carbonyl (C=O) groups excluding carboxylic acids is 1. The van der Waals surface area contributed by atoms with Crippen LogP contribution in [0, 0.1) is 0 Å². The molecule has 0 aliphatic heterocycles. The number of likely N-dealkylation sites (N-methyl/N-ethyl adjacent to an activating group) is 1. The average Bonchev–Trinajstić information content (AvgIpc) is 3.06. The Balaban J connectivity index is 4.45. The van der Waals surface area contributed by atoms with Crippen molar-refractivity contribution in [2.24, 2.45) is 0 Å². The highest BCUT2D eigenvalue weighted by Crippen LogP contribution is 2.38. The molecule has 0 saturated heterocycles. The van der Waals surface area contributed by atoms with Gasteiger partial charge in [0.1, 0.15) is 13.2 Å². The first-order valence-electron chi connectivity index (χ1n) is 20.0. The molecule has 0 aromatic rings. The Labute approximate surface area is 308 Å². The second-order valence-electron chi connectivity index (χ2n) is 14.6. The van der Waals surface area contributed by atoms with Crippen LogP contribution in [-0.4, -0.2) is 68.5 Å². The third-order valence-electron chi connectivity index (χ3n) is 8.50. The van der Waals surface area contributed by atoms with Gasteiger partial charge in [0.15, 0.2) is 0 Å². The average molecular weight is 725 g/mol. The number of aliphatic hydroxyl groups is 1. The van der Waals surface area contributed by atoms with E-state index < -0.39 is 26.6 Å². The van der Waals surface area contributed by atoms with Gasteiger partial charge in [-0.25, -0.2) is 0 Å². The van der Waals surface area contributed by atoms with E-state index in [0.29, 0.717) is 17.4 Å². The molecule has 0 rings (SSSR count). The SMILES string of the molecule is CC/C=C/CC/C=C/CC/C=C/C(O)C(COP(=O)([O-])OCC[N+](C)(C)C)NC(=O)CCCCCCCCC/C=C\CCCCCCCCC. The lowest BCUT2D eigenvalue weighted by molar-refractivity contribution is -0.870. The van der Waals surface area contributed by atoms with Crippen LogP contribution in [0.3, 0.4) is 0 Å². The fourth-order valence-corrected chi connectivity index (χ4v) is 6.02. The zero-order valence-electron chi connectivity index (χ0n) is 32.8. The molecule has 0 bridgehead atoms. The Morgan fingerprint density at radius 3 is 1.72 bits per heavy atom. The molecule has 0 aliphatic rings. The van der Waals surface area contributed by atoms with E-state index in [9.17, 15) is 19.4 Å². The molecule has 0 heterocycles. The molecule has 8 nitrogen and oxygen atoms in total. The number of phosphoric ester groups is 1. The van der Waals surface area contributed by atoms with Crippen LogP contribution >= 0.6 is 7.82 Å². The summed E-state index contributed by atoms with van der Waals surface area (Å²) in [7, 11) is 1.22. The van der Waals surface area contributed by atoms with Crippen molar-refractivity contribution in [1.82, 2.24) is 5.32 Å². The maximum Gasteiger partial charge on any atom is 0.268 e. The topological polar surface area (TPSA) is 108 Å². The zero-order chi connectivity index (χ0) is 37.2. The fraction of sp³-hybridized carbons (Fsp3) is 0.780. The molecule has 1 amide bonds. The van der Waals surface area contributed by atoms with E-state index in [1.807, 2.05) is 27.2 Å². The molecular weight excluding hydrogens is 647 g/mol. The van der Waals surface area contributed by atoms with Crippen LogP contribution in [0.5, 0.6) is 0 Å². The monoisotopic (exact) mass is 725 g/mol. The minimum absolute atomic E-state index is 0.0113. The Morgan fingerprint density at radius 2 is 1.18 bits per heavy atom. The number of unbranched alkanes of at least 4 members (excludes halogenated alkanes) is 16. The predicted molar refractivity (Wildman–Crippen MR) is 210 cm³/mol. The predicted octanol–water partition coefficient (Wildman–Crippen LogP) is 9.89. The maximum atomic E-state index is 12.8. The highest BCUT2D eigenvalue weighted by molar-refractivity contribution is 7.45. The summed E-state index contributed by atoms with van der Waals surface area (Å²) in [6.07, 6.45) is 40.2. The number of aliphatic hydroxyl groups excluding tert-OH is 1. The number of hydrogen-bond acceptors (Lipinski definition) is 6. The van der Waals surface area contributed by atoms with Gasteiger partial charge in [-0.15, -0.1) is 0 Å². The molecule has 3 atom stereocenters. The van der Waals surface area contributed by atoms with E-state index in [1.165, 1.54) is 83.5 Å². The van der Waals surface area contributed by atoms with E-state index in [0.717, 1.165) is 51.4 Å². The number of quaternary nitrogens is 1. The zero-order valence-corrected chi connectivity index (χ0v) is 33.7. The molecule has 0 aliphatic carbocycles. The largest absolute Gasteiger partial charge is 0.756 e. The number of hydrogen-bond donors (Lipinski definition) is 2. The summed E-state index contributed by atoms with van der Waals surface area (Å²) in [5, 5.41) is 13.6. The van der Waals surface area contributed by atoms with E-state index >= 15 is 0 Å². The Hall–Kier alpha value is -1.54. The maximum absolute atomic E-state index is 12.8. The molecule has 50 heavy (non-hydrogen) atoms. The number of allylic oxidation sites excluding steroid dienone is 7.